The van der Waals surface area contributed by atoms with Crippen LogP contribution in [0.25, 0.3) is 0 Å². The summed E-state index contributed by atoms with van der Waals surface area (Å²) in [6.07, 6.45) is 6.50. The zero-order valence-electron chi connectivity index (χ0n) is 13.6. The summed E-state index contributed by atoms with van der Waals surface area (Å²) < 4.78 is 0. The van der Waals surface area contributed by atoms with Crippen LogP contribution in [0, 0.1) is 5.92 Å². The number of nitrogens with one attached hydrogen (secondary N) is 1. The predicted molar refractivity (Wildman–Crippen MR) is 94.0 cm³/mol. The number of amides is 1. The van der Waals surface area contributed by atoms with E-state index in [-0.39, 0.29) is 11.9 Å². The van der Waals surface area contributed by atoms with E-state index in [9.17, 15) is 4.79 Å². The molecule has 120 valence electrons. The number of carbonyl (C=O) groups excluding carboxylic acids is 1. The van der Waals surface area contributed by atoms with Gasteiger partial charge in [-0.3, -0.25) is 4.79 Å². The van der Waals surface area contributed by atoms with Crippen LogP contribution in [0.5, 0.6) is 0 Å². The Hall–Kier alpha value is -2.09. The van der Waals surface area contributed by atoms with Gasteiger partial charge in [0.1, 0.15) is 0 Å². The second-order valence-electron chi connectivity index (χ2n) is 6.58. The molecule has 0 heterocycles. The molecule has 0 spiro atoms. The molecule has 1 saturated carbocycles. The maximum Gasteiger partial charge on any atom is 0.220 e. The van der Waals surface area contributed by atoms with Crippen LogP contribution in [0.15, 0.2) is 60.7 Å². The second-order valence-corrected chi connectivity index (χ2v) is 6.58. The van der Waals surface area contributed by atoms with Crippen LogP contribution in [0.3, 0.4) is 0 Å². The molecule has 0 bridgehead atoms. The molecule has 0 aliphatic heterocycles. The van der Waals surface area contributed by atoms with Gasteiger partial charge < -0.3 is 5.32 Å². The normalized spacial score (nSPS) is 16.2. The minimum atomic E-state index is 0.0486. The highest BCUT2D eigenvalue weighted by atomic mass is 16.1. The van der Waals surface area contributed by atoms with Crippen LogP contribution in [0.4, 0.5) is 0 Å². The third kappa shape index (κ3) is 4.69. The van der Waals surface area contributed by atoms with Crippen LogP contribution in [0.1, 0.15) is 49.3 Å². The van der Waals surface area contributed by atoms with Crippen molar-refractivity contribution in [3.8, 4) is 0 Å². The minimum Gasteiger partial charge on any atom is -0.349 e. The first kappa shape index (κ1) is 15.8. The SMILES string of the molecule is O=C(CC1CCCC1)N[C@@H](Cc1ccccc1)c1ccccc1. The zero-order valence-corrected chi connectivity index (χ0v) is 13.6. The Balaban J connectivity index is 1.68. The van der Waals surface area contributed by atoms with Crippen molar-refractivity contribution in [2.24, 2.45) is 5.92 Å². The van der Waals surface area contributed by atoms with Crippen molar-refractivity contribution in [2.75, 3.05) is 0 Å². The van der Waals surface area contributed by atoms with Gasteiger partial charge in [-0.1, -0.05) is 73.5 Å². The molecule has 2 aromatic carbocycles. The first-order valence-electron chi connectivity index (χ1n) is 8.69. The molecular formula is C21H25NO. The molecule has 1 fully saturated rings. The largest absolute Gasteiger partial charge is 0.349 e. The van der Waals surface area contributed by atoms with E-state index in [4.69, 9.17) is 0 Å². The maximum absolute atomic E-state index is 12.5. The third-order valence-electron chi connectivity index (χ3n) is 4.77. The van der Waals surface area contributed by atoms with Crippen LogP contribution < -0.4 is 5.32 Å². The average molecular weight is 307 g/mol. The molecule has 1 amide bonds. The Kier molecular flexibility index (Phi) is 5.46. The Morgan fingerprint density at radius 2 is 1.57 bits per heavy atom. The summed E-state index contributed by atoms with van der Waals surface area (Å²) in [6, 6.07) is 20.7. The summed E-state index contributed by atoms with van der Waals surface area (Å²) in [5.41, 5.74) is 2.43. The molecule has 1 N–H and O–H groups in total. The molecule has 0 aromatic heterocycles. The molecular weight excluding hydrogens is 282 g/mol. The third-order valence-corrected chi connectivity index (χ3v) is 4.77. The van der Waals surface area contributed by atoms with Gasteiger partial charge in [-0.15, -0.1) is 0 Å². The predicted octanol–water partition coefficient (Wildman–Crippen LogP) is 4.67. The summed E-state index contributed by atoms with van der Waals surface area (Å²) in [5, 5.41) is 3.27. The topological polar surface area (TPSA) is 29.1 Å². The summed E-state index contributed by atoms with van der Waals surface area (Å²) in [7, 11) is 0. The summed E-state index contributed by atoms with van der Waals surface area (Å²) in [6.45, 7) is 0. The van der Waals surface area contributed by atoms with Crippen LogP contribution >= 0.6 is 0 Å². The lowest BCUT2D eigenvalue weighted by Gasteiger charge is -2.20. The number of hydrogen-bond acceptors (Lipinski definition) is 1. The fraction of sp³-hybridized carbons (Fsp3) is 0.381. The molecule has 1 aliphatic carbocycles. The van der Waals surface area contributed by atoms with Crippen molar-refractivity contribution in [2.45, 2.75) is 44.6 Å². The highest BCUT2D eigenvalue weighted by Gasteiger charge is 2.21. The standard InChI is InChI=1S/C21H25NO/c23-21(16-18-11-7-8-12-18)22-20(19-13-5-2-6-14-19)15-17-9-3-1-4-10-17/h1-6,9-10,13-14,18,20H,7-8,11-12,15-16H2,(H,22,23)/t20-/m0/s1. The summed E-state index contributed by atoms with van der Waals surface area (Å²) in [4.78, 5) is 12.5. The minimum absolute atomic E-state index is 0.0486. The van der Waals surface area contributed by atoms with Crippen LogP contribution in [0.2, 0.25) is 0 Å². The fourth-order valence-corrected chi connectivity index (χ4v) is 3.52. The second kappa shape index (κ2) is 7.96. The highest BCUT2D eigenvalue weighted by molar-refractivity contribution is 5.76. The highest BCUT2D eigenvalue weighted by Crippen LogP contribution is 2.28. The molecule has 2 aromatic rings. The van der Waals surface area contributed by atoms with Crippen molar-refractivity contribution in [1.82, 2.24) is 5.32 Å². The van der Waals surface area contributed by atoms with E-state index in [1.807, 2.05) is 24.3 Å². The van der Waals surface area contributed by atoms with Crippen LogP contribution in [-0.4, -0.2) is 5.91 Å². The van der Waals surface area contributed by atoms with E-state index in [1.165, 1.54) is 36.8 Å². The van der Waals surface area contributed by atoms with E-state index in [1.54, 1.807) is 0 Å². The van der Waals surface area contributed by atoms with Gasteiger partial charge in [-0.25, -0.2) is 0 Å². The Morgan fingerprint density at radius 3 is 2.22 bits per heavy atom. The fourth-order valence-electron chi connectivity index (χ4n) is 3.52. The Labute approximate surface area is 138 Å². The van der Waals surface area contributed by atoms with E-state index in [0.29, 0.717) is 12.3 Å². The molecule has 1 atom stereocenters. The molecule has 0 saturated heterocycles. The zero-order chi connectivity index (χ0) is 15.9. The van der Waals surface area contributed by atoms with Crippen molar-refractivity contribution < 1.29 is 4.79 Å². The molecule has 23 heavy (non-hydrogen) atoms. The Morgan fingerprint density at radius 1 is 0.957 bits per heavy atom. The Bertz CT molecular complexity index is 602. The van der Waals surface area contributed by atoms with E-state index < -0.39 is 0 Å². The van der Waals surface area contributed by atoms with E-state index in [2.05, 4.69) is 41.7 Å². The molecule has 1 aliphatic rings. The molecule has 2 heteroatoms. The van der Waals surface area contributed by atoms with Gasteiger partial charge in [0, 0.05) is 6.42 Å². The maximum atomic E-state index is 12.5. The van der Waals surface area contributed by atoms with Gasteiger partial charge >= 0.3 is 0 Å². The summed E-state index contributed by atoms with van der Waals surface area (Å²) >= 11 is 0. The smallest absolute Gasteiger partial charge is 0.220 e. The van der Waals surface area contributed by atoms with Crippen LogP contribution in [-0.2, 0) is 11.2 Å². The van der Waals surface area contributed by atoms with Gasteiger partial charge in [-0.2, -0.15) is 0 Å². The van der Waals surface area contributed by atoms with Gasteiger partial charge in [0.25, 0.3) is 0 Å². The van der Waals surface area contributed by atoms with Gasteiger partial charge in [0.05, 0.1) is 6.04 Å². The molecule has 2 nitrogen and oxygen atoms in total. The lowest BCUT2D eigenvalue weighted by atomic mass is 9.97. The number of carbonyl (C=O) groups is 1. The van der Waals surface area contributed by atoms with Gasteiger partial charge in [0.15, 0.2) is 0 Å². The number of hydrogen-bond donors (Lipinski definition) is 1. The molecule has 0 radical (unpaired) electrons. The number of rotatable bonds is 6. The van der Waals surface area contributed by atoms with Gasteiger partial charge in [0.2, 0.25) is 5.91 Å². The number of benzene rings is 2. The van der Waals surface area contributed by atoms with Gasteiger partial charge in [-0.05, 0) is 36.3 Å². The van der Waals surface area contributed by atoms with E-state index in [0.717, 1.165) is 6.42 Å². The average Bonchev–Trinajstić information content (AvgIpc) is 3.09. The monoisotopic (exact) mass is 307 g/mol. The first-order valence-corrected chi connectivity index (χ1v) is 8.69. The van der Waals surface area contributed by atoms with Crippen molar-refractivity contribution >= 4 is 5.91 Å². The lowest BCUT2D eigenvalue weighted by molar-refractivity contribution is -0.122. The quantitative estimate of drug-likeness (QED) is 0.825. The van der Waals surface area contributed by atoms with Crippen molar-refractivity contribution in [3.05, 3.63) is 71.8 Å². The lowest BCUT2D eigenvalue weighted by Crippen LogP contribution is -2.31. The first-order chi connectivity index (χ1) is 11.3. The molecule has 3 rings (SSSR count). The molecule has 0 unspecified atom stereocenters. The summed E-state index contributed by atoms with van der Waals surface area (Å²) in [5.74, 6) is 0.782. The van der Waals surface area contributed by atoms with Crippen molar-refractivity contribution in [1.29, 1.82) is 0 Å². The van der Waals surface area contributed by atoms with E-state index >= 15 is 0 Å². The van der Waals surface area contributed by atoms with Crippen molar-refractivity contribution in [3.63, 3.8) is 0 Å².